The lowest BCUT2D eigenvalue weighted by Crippen LogP contribution is -2.32. The maximum atomic E-state index is 13.0. The molecule has 2 aromatic heterocycles. The second kappa shape index (κ2) is 6.99. The Morgan fingerprint density at radius 2 is 1.89 bits per heavy atom. The van der Waals surface area contributed by atoms with Crippen LogP contribution in [-0.4, -0.2) is 36.5 Å². The van der Waals surface area contributed by atoms with Gasteiger partial charge in [0.15, 0.2) is 0 Å². The van der Waals surface area contributed by atoms with Crippen molar-refractivity contribution in [3.8, 4) is 5.69 Å². The zero-order chi connectivity index (χ0) is 18.8. The smallest absolute Gasteiger partial charge is 0.269 e. The van der Waals surface area contributed by atoms with Gasteiger partial charge in [0.2, 0.25) is 0 Å². The fourth-order valence-electron chi connectivity index (χ4n) is 2.91. The Bertz CT molecular complexity index is 965. The lowest BCUT2D eigenvalue weighted by molar-refractivity contribution is -0.384. The molecule has 0 atom stereocenters. The quantitative estimate of drug-likeness (QED) is 0.496. The number of aromatic nitrogens is 3. The number of carbonyl (C=O) groups is 1. The third-order valence-electron chi connectivity index (χ3n) is 4.51. The molecule has 0 spiro atoms. The van der Waals surface area contributed by atoms with E-state index in [-0.39, 0.29) is 17.6 Å². The number of amides is 1. The summed E-state index contributed by atoms with van der Waals surface area (Å²) in [5, 5.41) is 15.0. The van der Waals surface area contributed by atoms with E-state index >= 15 is 0 Å². The zero-order valence-electron chi connectivity index (χ0n) is 14.4. The molecular formula is C19H17N5O3. The Balaban J connectivity index is 1.54. The van der Waals surface area contributed by atoms with E-state index < -0.39 is 4.92 Å². The minimum Gasteiger partial charge on any atom is -0.331 e. The molecule has 1 fully saturated rings. The molecule has 1 aromatic carbocycles. The van der Waals surface area contributed by atoms with Crippen LogP contribution < -0.4 is 0 Å². The maximum Gasteiger partial charge on any atom is 0.269 e. The molecule has 27 heavy (non-hydrogen) atoms. The molecule has 0 N–H and O–H groups in total. The Morgan fingerprint density at radius 3 is 2.52 bits per heavy atom. The van der Waals surface area contributed by atoms with Crippen LogP contribution in [-0.2, 0) is 6.54 Å². The van der Waals surface area contributed by atoms with Gasteiger partial charge in [0.25, 0.3) is 11.6 Å². The van der Waals surface area contributed by atoms with Crippen LogP contribution >= 0.6 is 0 Å². The van der Waals surface area contributed by atoms with E-state index in [0.29, 0.717) is 17.8 Å². The first-order valence-electron chi connectivity index (χ1n) is 8.61. The summed E-state index contributed by atoms with van der Waals surface area (Å²) in [6.45, 7) is 0.536. The van der Waals surface area contributed by atoms with E-state index in [2.05, 4.69) is 10.1 Å². The molecule has 0 aliphatic heterocycles. The van der Waals surface area contributed by atoms with Crippen molar-refractivity contribution in [3.63, 3.8) is 0 Å². The number of rotatable bonds is 6. The Labute approximate surface area is 155 Å². The molecule has 1 amide bonds. The number of non-ortho nitro benzene ring substituents is 1. The highest BCUT2D eigenvalue weighted by Gasteiger charge is 2.33. The summed E-state index contributed by atoms with van der Waals surface area (Å²) in [6, 6.07) is 10.1. The summed E-state index contributed by atoms with van der Waals surface area (Å²) < 4.78 is 1.55. The molecule has 4 rings (SSSR count). The predicted octanol–water partition coefficient (Wildman–Crippen LogP) is 2.98. The second-order valence-corrected chi connectivity index (χ2v) is 6.47. The predicted molar refractivity (Wildman–Crippen MR) is 97.4 cm³/mol. The first-order chi connectivity index (χ1) is 13.1. The van der Waals surface area contributed by atoms with E-state index in [1.807, 2.05) is 17.0 Å². The minimum atomic E-state index is -0.450. The van der Waals surface area contributed by atoms with Crippen molar-refractivity contribution >= 4 is 11.6 Å². The van der Waals surface area contributed by atoms with Crippen molar-refractivity contribution in [2.24, 2.45) is 0 Å². The van der Waals surface area contributed by atoms with Gasteiger partial charge in [-0.15, -0.1) is 0 Å². The van der Waals surface area contributed by atoms with E-state index in [1.54, 1.807) is 35.4 Å². The fourth-order valence-corrected chi connectivity index (χ4v) is 2.91. The van der Waals surface area contributed by atoms with Crippen molar-refractivity contribution < 1.29 is 9.72 Å². The molecule has 0 saturated heterocycles. The molecule has 3 aromatic rings. The molecule has 1 aliphatic rings. The van der Waals surface area contributed by atoms with Gasteiger partial charge < -0.3 is 4.90 Å². The van der Waals surface area contributed by atoms with Crippen LogP contribution in [0.5, 0.6) is 0 Å². The molecule has 0 radical (unpaired) electrons. The third kappa shape index (κ3) is 3.69. The van der Waals surface area contributed by atoms with E-state index in [0.717, 1.165) is 18.4 Å². The van der Waals surface area contributed by atoms with Gasteiger partial charge in [-0.3, -0.25) is 19.9 Å². The lowest BCUT2D eigenvalue weighted by Gasteiger charge is -2.21. The molecule has 8 heteroatoms. The van der Waals surface area contributed by atoms with Crippen molar-refractivity contribution in [1.29, 1.82) is 0 Å². The SMILES string of the molecule is O=C(c1cnn(-c2ccc([N+](=O)[O-])cc2)c1)N(Cc1ccncc1)C1CC1. The molecular weight excluding hydrogens is 346 g/mol. The van der Waals surface area contributed by atoms with Crippen molar-refractivity contribution in [3.05, 3.63) is 82.4 Å². The number of nitro benzene ring substituents is 1. The molecule has 0 unspecified atom stereocenters. The third-order valence-corrected chi connectivity index (χ3v) is 4.51. The highest BCUT2D eigenvalue weighted by Crippen LogP contribution is 2.30. The number of pyridine rings is 1. The number of nitro groups is 1. The van der Waals surface area contributed by atoms with Gasteiger partial charge in [0.05, 0.1) is 22.4 Å². The summed E-state index contributed by atoms with van der Waals surface area (Å²) in [5.41, 5.74) is 2.20. The lowest BCUT2D eigenvalue weighted by atomic mass is 10.2. The normalized spacial score (nSPS) is 13.3. The van der Waals surface area contributed by atoms with Crippen molar-refractivity contribution in [2.75, 3.05) is 0 Å². The Morgan fingerprint density at radius 1 is 1.19 bits per heavy atom. The van der Waals surface area contributed by atoms with Crippen molar-refractivity contribution in [2.45, 2.75) is 25.4 Å². The monoisotopic (exact) mass is 363 g/mol. The first kappa shape index (κ1) is 16.9. The van der Waals surface area contributed by atoms with Gasteiger partial charge >= 0.3 is 0 Å². The molecule has 136 valence electrons. The number of hydrogen-bond acceptors (Lipinski definition) is 5. The standard InChI is InChI=1S/C19H17N5O3/c25-19(22(16-1-2-16)12-14-7-9-20-10-8-14)15-11-21-23(13-15)17-3-5-18(6-4-17)24(26)27/h3-11,13,16H,1-2,12H2. The van der Waals surface area contributed by atoms with Gasteiger partial charge in [0, 0.05) is 43.3 Å². The van der Waals surface area contributed by atoms with E-state index in [1.165, 1.54) is 18.3 Å². The number of carbonyl (C=O) groups excluding carboxylic acids is 1. The Hall–Kier alpha value is -3.55. The molecule has 2 heterocycles. The molecule has 1 aliphatic carbocycles. The van der Waals surface area contributed by atoms with Crippen LogP contribution in [0.15, 0.2) is 61.2 Å². The van der Waals surface area contributed by atoms with Gasteiger partial charge in [-0.05, 0) is 42.7 Å². The number of nitrogens with zero attached hydrogens (tertiary/aromatic N) is 5. The zero-order valence-corrected chi connectivity index (χ0v) is 14.4. The first-order valence-corrected chi connectivity index (χ1v) is 8.61. The Kier molecular flexibility index (Phi) is 4.37. The molecule has 8 nitrogen and oxygen atoms in total. The van der Waals surface area contributed by atoms with Gasteiger partial charge in [0.1, 0.15) is 0 Å². The minimum absolute atomic E-state index is 0.0134. The summed E-state index contributed by atoms with van der Waals surface area (Å²) in [7, 11) is 0. The maximum absolute atomic E-state index is 13.0. The molecule has 1 saturated carbocycles. The van der Waals surface area contributed by atoms with Crippen LogP contribution in [0.25, 0.3) is 5.69 Å². The largest absolute Gasteiger partial charge is 0.331 e. The average Bonchev–Trinajstić information content (AvgIpc) is 3.42. The fraction of sp³-hybridized carbons (Fsp3) is 0.211. The van der Waals surface area contributed by atoms with Crippen LogP contribution in [0.3, 0.4) is 0 Å². The number of benzene rings is 1. The van der Waals surface area contributed by atoms with Crippen LogP contribution in [0, 0.1) is 10.1 Å². The average molecular weight is 363 g/mol. The molecule has 0 bridgehead atoms. The van der Waals surface area contributed by atoms with Gasteiger partial charge in [-0.25, -0.2) is 4.68 Å². The topological polar surface area (TPSA) is 94.2 Å². The van der Waals surface area contributed by atoms with Crippen LogP contribution in [0.4, 0.5) is 5.69 Å². The second-order valence-electron chi connectivity index (χ2n) is 6.47. The number of hydrogen-bond donors (Lipinski definition) is 0. The summed E-state index contributed by atoms with van der Waals surface area (Å²) in [5.74, 6) is -0.0672. The summed E-state index contributed by atoms with van der Waals surface area (Å²) in [6.07, 6.45) is 8.65. The van der Waals surface area contributed by atoms with E-state index in [9.17, 15) is 14.9 Å². The van der Waals surface area contributed by atoms with E-state index in [4.69, 9.17) is 0 Å². The van der Waals surface area contributed by atoms with Gasteiger partial charge in [-0.1, -0.05) is 0 Å². The van der Waals surface area contributed by atoms with Crippen LogP contribution in [0.1, 0.15) is 28.8 Å². The highest BCUT2D eigenvalue weighted by molar-refractivity contribution is 5.94. The summed E-state index contributed by atoms with van der Waals surface area (Å²) in [4.78, 5) is 29.2. The van der Waals surface area contributed by atoms with Crippen molar-refractivity contribution in [1.82, 2.24) is 19.7 Å². The van der Waals surface area contributed by atoms with Crippen LogP contribution in [0.2, 0.25) is 0 Å². The van der Waals surface area contributed by atoms with Gasteiger partial charge in [-0.2, -0.15) is 5.10 Å². The summed E-state index contributed by atoms with van der Waals surface area (Å²) >= 11 is 0. The highest BCUT2D eigenvalue weighted by atomic mass is 16.6.